The maximum absolute atomic E-state index is 12.6. The lowest BCUT2D eigenvalue weighted by Gasteiger charge is -2.15. The Morgan fingerprint density at radius 3 is 2.42 bits per heavy atom. The average molecular weight is 373 g/mol. The van der Waals surface area contributed by atoms with Gasteiger partial charge in [0.15, 0.2) is 0 Å². The van der Waals surface area contributed by atoms with E-state index in [0.29, 0.717) is 17.0 Å². The van der Waals surface area contributed by atoms with E-state index in [1.54, 1.807) is 31.2 Å². The van der Waals surface area contributed by atoms with Gasteiger partial charge in [-0.2, -0.15) is 0 Å². The van der Waals surface area contributed by atoms with Crippen LogP contribution in [0.4, 0.5) is 0 Å². The van der Waals surface area contributed by atoms with Crippen molar-refractivity contribution in [1.82, 2.24) is 5.32 Å². The zero-order valence-corrected chi connectivity index (χ0v) is 15.9. The molecule has 0 saturated carbocycles. The Balaban J connectivity index is 2.11. The Kier molecular flexibility index (Phi) is 7.09. The first-order valence-electron chi connectivity index (χ1n) is 8.39. The van der Waals surface area contributed by atoms with E-state index in [-0.39, 0.29) is 12.0 Å². The minimum absolute atomic E-state index is 0.0430. The highest BCUT2D eigenvalue weighted by molar-refractivity contribution is 8.00. The molecule has 5 nitrogen and oxygen atoms in total. The standard InChI is InChI=1S/C20H23NO4S/c1-13(2)25-17-10-6-4-8-15(17)12-21-19(22)16-9-5-7-11-18(16)26-14(3)20(23)24/h4-11,13-14H,12H2,1-3H3,(H,21,22)(H,23,24). The van der Waals surface area contributed by atoms with Crippen LogP contribution >= 0.6 is 11.8 Å². The fourth-order valence-corrected chi connectivity index (χ4v) is 3.21. The first kappa shape index (κ1) is 19.8. The van der Waals surface area contributed by atoms with Gasteiger partial charge in [-0.25, -0.2) is 0 Å². The number of carbonyl (C=O) groups is 2. The molecule has 0 spiro atoms. The third-order valence-electron chi connectivity index (χ3n) is 3.56. The predicted octanol–water partition coefficient (Wildman–Crippen LogP) is 3.97. The van der Waals surface area contributed by atoms with Gasteiger partial charge in [-0.05, 0) is 39.0 Å². The topological polar surface area (TPSA) is 75.6 Å². The number of hydrogen-bond donors (Lipinski definition) is 2. The zero-order chi connectivity index (χ0) is 19.1. The smallest absolute Gasteiger partial charge is 0.316 e. The van der Waals surface area contributed by atoms with E-state index >= 15 is 0 Å². The fourth-order valence-electron chi connectivity index (χ4n) is 2.29. The Morgan fingerprint density at radius 1 is 1.08 bits per heavy atom. The molecule has 0 aliphatic carbocycles. The summed E-state index contributed by atoms with van der Waals surface area (Å²) in [4.78, 5) is 24.3. The lowest BCUT2D eigenvalue weighted by molar-refractivity contribution is -0.136. The van der Waals surface area contributed by atoms with Gasteiger partial charge in [0.05, 0.1) is 11.7 Å². The van der Waals surface area contributed by atoms with Crippen molar-refractivity contribution in [1.29, 1.82) is 0 Å². The lowest BCUT2D eigenvalue weighted by Crippen LogP contribution is -2.24. The Bertz CT molecular complexity index is 776. The first-order chi connectivity index (χ1) is 12.4. The van der Waals surface area contributed by atoms with Crippen molar-refractivity contribution in [2.75, 3.05) is 0 Å². The molecule has 26 heavy (non-hydrogen) atoms. The molecule has 0 fully saturated rings. The van der Waals surface area contributed by atoms with Gasteiger partial charge in [-0.1, -0.05) is 30.3 Å². The van der Waals surface area contributed by atoms with Gasteiger partial charge in [-0.3, -0.25) is 9.59 Å². The normalized spacial score (nSPS) is 11.8. The van der Waals surface area contributed by atoms with Crippen LogP contribution in [0.1, 0.15) is 36.7 Å². The van der Waals surface area contributed by atoms with E-state index in [4.69, 9.17) is 9.84 Å². The maximum Gasteiger partial charge on any atom is 0.316 e. The van der Waals surface area contributed by atoms with E-state index in [2.05, 4.69) is 5.32 Å². The van der Waals surface area contributed by atoms with Gasteiger partial charge in [0.1, 0.15) is 11.0 Å². The number of hydrogen-bond acceptors (Lipinski definition) is 4. The average Bonchev–Trinajstić information content (AvgIpc) is 2.60. The maximum atomic E-state index is 12.6. The molecule has 0 radical (unpaired) electrons. The monoisotopic (exact) mass is 373 g/mol. The molecule has 0 aliphatic heterocycles. The number of amides is 1. The summed E-state index contributed by atoms with van der Waals surface area (Å²) in [6.45, 7) is 5.83. The molecule has 0 saturated heterocycles. The van der Waals surface area contributed by atoms with Crippen molar-refractivity contribution in [3.8, 4) is 5.75 Å². The van der Waals surface area contributed by atoms with Gasteiger partial charge in [-0.15, -0.1) is 11.8 Å². The van der Waals surface area contributed by atoms with Crippen molar-refractivity contribution >= 4 is 23.6 Å². The molecule has 0 aromatic heterocycles. The van der Waals surface area contributed by atoms with Crippen molar-refractivity contribution < 1.29 is 19.4 Å². The number of benzene rings is 2. The molecule has 2 aromatic carbocycles. The molecule has 1 amide bonds. The van der Waals surface area contributed by atoms with Crippen LogP contribution in [-0.4, -0.2) is 28.3 Å². The number of nitrogens with one attached hydrogen (secondary N) is 1. The second kappa shape index (κ2) is 9.29. The van der Waals surface area contributed by atoms with Crippen LogP contribution < -0.4 is 10.1 Å². The number of carbonyl (C=O) groups excluding carboxylic acids is 1. The summed E-state index contributed by atoms with van der Waals surface area (Å²) >= 11 is 1.15. The molecule has 138 valence electrons. The number of carboxylic acid groups (broad SMARTS) is 1. The fraction of sp³-hybridized carbons (Fsp3) is 0.300. The molecule has 2 N–H and O–H groups in total. The van der Waals surface area contributed by atoms with Gasteiger partial charge in [0.25, 0.3) is 5.91 Å². The molecule has 0 aliphatic rings. The van der Waals surface area contributed by atoms with Crippen LogP contribution in [-0.2, 0) is 11.3 Å². The van der Waals surface area contributed by atoms with Gasteiger partial charge in [0, 0.05) is 17.0 Å². The van der Waals surface area contributed by atoms with E-state index in [0.717, 1.165) is 23.1 Å². The number of thioether (sulfide) groups is 1. The second-order valence-electron chi connectivity index (χ2n) is 6.05. The quantitative estimate of drug-likeness (QED) is 0.685. The highest BCUT2D eigenvalue weighted by Gasteiger charge is 2.18. The summed E-state index contributed by atoms with van der Waals surface area (Å²) in [7, 11) is 0. The minimum atomic E-state index is -0.912. The van der Waals surface area contributed by atoms with E-state index in [9.17, 15) is 9.59 Å². The molecule has 2 aromatic rings. The summed E-state index contributed by atoms with van der Waals surface area (Å²) in [5.74, 6) is -0.417. The predicted molar refractivity (Wildman–Crippen MR) is 103 cm³/mol. The van der Waals surface area contributed by atoms with E-state index < -0.39 is 11.2 Å². The molecule has 0 bridgehead atoms. The Morgan fingerprint density at radius 2 is 1.73 bits per heavy atom. The molecular formula is C20H23NO4S. The molecule has 2 rings (SSSR count). The molecule has 1 unspecified atom stereocenters. The Hall–Kier alpha value is -2.47. The largest absolute Gasteiger partial charge is 0.491 e. The summed E-state index contributed by atoms with van der Waals surface area (Å²) in [5, 5.41) is 11.3. The Labute approximate surface area is 157 Å². The summed E-state index contributed by atoms with van der Waals surface area (Å²) < 4.78 is 5.77. The third kappa shape index (κ3) is 5.52. The highest BCUT2D eigenvalue weighted by Crippen LogP contribution is 2.27. The van der Waals surface area contributed by atoms with Crippen LogP contribution in [0, 0.1) is 0 Å². The van der Waals surface area contributed by atoms with Crippen LogP contribution in [0.5, 0.6) is 5.75 Å². The first-order valence-corrected chi connectivity index (χ1v) is 9.27. The molecular weight excluding hydrogens is 350 g/mol. The summed E-state index contributed by atoms with van der Waals surface area (Å²) in [6, 6.07) is 14.6. The van der Waals surface area contributed by atoms with E-state index in [1.807, 2.05) is 38.1 Å². The van der Waals surface area contributed by atoms with Crippen LogP contribution in [0.2, 0.25) is 0 Å². The molecule has 1 atom stereocenters. The number of ether oxygens (including phenoxy) is 1. The van der Waals surface area contributed by atoms with Crippen LogP contribution in [0.25, 0.3) is 0 Å². The minimum Gasteiger partial charge on any atom is -0.491 e. The summed E-state index contributed by atoms with van der Waals surface area (Å²) in [5.41, 5.74) is 1.35. The third-order valence-corrected chi connectivity index (χ3v) is 4.72. The zero-order valence-electron chi connectivity index (χ0n) is 15.1. The van der Waals surface area contributed by atoms with Gasteiger partial charge in [0.2, 0.25) is 0 Å². The van der Waals surface area contributed by atoms with Crippen molar-refractivity contribution in [3.63, 3.8) is 0 Å². The van der Waals surface area contributed by atoms with E-state index in [1.165, 1.54) is 0 Å². The van der Waals surface area contributed by atoms with Crippen LogP contribution in [0.15, 0.2) is 53.4 Å². The van der Waals surface area contributed by atoms with Crippen molar-refractivity contribution in [2.45, 2.75) is 43.6 Å². The van der Waals surface area contributed by atoms with Gasteiger partial charge < -0.3 is 15.2 Å². The number of para-hydroxylation sites is 1. The molecule has 6 heteroatoms. The highest BCUT2D eigenvalue weighted by atomic mass is 32.2. The number of rotatable bonds is 8. The van der Waals surface area contributed by atoms with Crippen molar-refractivity contribution in [3.05, 3.63) is 59.7 Å². The lowest BCUT2D eigenvalue weighted by atomic mass is 10.1. The number of aliphatic carboxylic acids is 1. The van der Waals surface area contributed by atoms with Gasteiger partial charge >= 0.3 is 5.97 Å². The second-order valence-corrected chi connectivity index (χ2v) is 7.43. The SMILES string of the molecule is CC(C)Oc1ccccc1CNC(=O)c1ccccc1SC(C)C(=O)O. The molecule has 0 heterocycles. The van der Waals surface area contributed by atoms with Crippen molar-refractivity contribution in [2.24, 2.45) is 0 Å². The number of carboxylic acids is 1. The summed E-state index contributed by atoms with van der Waals surface area (Å²) in [6.07, 6.45) is 0.0430. The van der Waals surface area contributed by atoms with Crippen LogP contribution in [0.3, 0.4) is 0 Å².